The molecule has 1 aromatic heterocycles. The molecule has 26 heavy (non-hydrogen) atoms. The van der Waals surface area contributed by atoms with E-state index in [2.05, 4.69) is 15.8 Å². The number of hydrazine groups is 1. The van der Waals surface area contributed by atoms with Crippen molar-refractivity contribution < 1.29 is 9.59 Å². The second-order valence-electron chi connectivity index (χ2n) is 5.15. The van der Waals surface area contributed by atoms with Gasteiger partial charge in [0.15, 0.2) is 0 Å². The number of rotatable bonds is 5. The summed E-state index contributed by atoms with van der Waals surface area (Å²) in [7, 11) is 0. The Labute approximate surface area is 163 Å². The fraction of sp³-hybridized carbons (Fsp3) is 0.0556. The van der Waals surface area contributed by atoms with Gasteiger partial charge in [0.2, 0.25) is 0 Å². The van der Waals surface area contributed by atoms with Crippen LogP contribution in [0.1, 0.15) is 26.4 Å². The molecular weight excluding hydrogens is 390 g/mol. The smallest absolute Gasteiger partial charge is 0.267 e. The summed E-state index contributed by atoms with van der Waals surface area (Å²) in [5.41, 5.74) is 8.33. The van der Waals surface area contributed by atoms with E-state index >= 15 is 0 Å². The third kappa shape index (κ3) is 4.63. The first kappa shape index (κ1) is 18.4. The van der Waals surface area contributed by atoms with Crippen molar-refractivity contribution >= 4 is 46.5 Å². The summed E-state index contributed by atoms with van der Waals surface area (Å²) in [6.45, 7) is 0. The number of benzene rings is 2. The Balaban J connectivity index is 1.64. The number of aromatic nitrogens is 1. The van der Waals surface area contributed by atoms with E-state index in [-0.39, 0.29) is 0 Å². The average molecular weight is 404 g/mol. The van der Waals surface area contributed by atoms with Gasteiger partial charge >= 0.3 is 0 Å². The fourth-order valence-corrected chi connectivity index (χ4v) is 3.97. The van der Waals surface area contributed by atoms with Crippen molar-refractivity contribution in [2.45, 2.75) is 10.6 Å². The van der Waals surface area contributed by atoms with Crippen LogP contribution < -0.4 is 10.9 Å². The quantitative estimate of drug-likeness (QED) is 0.495. The molecule has 0 aliphatic rings. The van der Waals surface area contributed by atoms with Crippen molar-refractivity contribution in [3.05, 3.63) is 81.3 Å². The van der Waals surface area contributed by atoms with E-state index in [9.17, 15) is 9.59 Å². The van der Waals surface area contributed by atoms with Crippen LogP contribution in [-0.2, 0) is 5.75 Å². The van der Waals surface area contributed by atoms with Gasteiger partial charge in [-0.2, -0.15) is 0 Å². The molecule has 0 aliphatic heterocycles. The molecule has 0 saturated heterocycles. The summed E-state index contributed by atoms with van der Waals surface area (Å²) in [5, 5.41) is 2.29. The molecule has 0 radical (unpaired) electrons. The van der Waals surface area contributed by atoms with E-state index in [1.54, 1.807) is 41.9 Å². The van der Waals surface area contributed by atoms with Crippen LogP contribution in [0.4, 0.5) is 0 Å². The van der Waals surface area contributed by atoms with Crippen molar-refractivity contribution in [2.75, 3.05) is 0 Å². The molecule has 0 fully saturated rings. The third-order valence-corrected chi connectivity index (χ3v) is 5.47. The minimum absolute atomic E-state index is 0.292. The van der Waals surface area contributed by atoms with Crippen LogP contribution in [0.15, 0.2) is 64.3 Å². The topological polar surface area (TPSA) is 71.1 Å². The van der Waals surface area contributed by atoms with Gasteiger partial charge in [-0.1, -0.05) is 35.9 Å². The monoisotopic (exact) mass is 403 g/mol. The van der Waals surface area contributed by atoms with E-state index in [1.165, 1.54) is 23.1 Å². The van der Waals surface area contributed by atoms with E-state index in [4.69, 9.17) is 11.6 Å². The molecular formula is C18H14ClN3O2S2. The second kappa shape index (κ2) is 8.84. The molecule has 0 aliphatic carbocycles. The van der Waals surface area contributed by atoms with Gasteiger partial charge < -0.3 is 0 Å². The molecule has 3 rings (SSSR count). The van der Waals surface area contributed by atoms with E-state index in [0.717, 1.165) is 10.6 Å². The van der Waals surface area contributed by atoms with Gasteiger partial charge in [0.1, 0.15) is 0 Å². The maximum absolute atomic E-state index is 12.5. The molecule has 3 aromatic rings. The number of carbonyl (C=O) groups is 2. The van der Waals surface area contributed by atoms with E-state index in [0.29, 0.717) is 21.9 Å². The zero-order chi connectivity index (χ0) is 18.4. The molecule has 0 spiro atoms. The van der Waals surface area contributed by atoms with Crippen molar-refractivity contribution in [1.82, 2.24) is 15.8 Å². The maximum Gasteiger partial charge on any atom is 0.271 e. The molecule has 5 nitrogen and oxygen atoms in total. The standard InChI is InChI=1S/C18H14ClN3O2S2/c19-15-7-3-1-5-13(15)17(23)21-22-18(24)14-6-2-4-8-16(14)26-10-12-9-25-11-20-12/h1-9,11H,10H2,(H,21,23)(H,22,24). The van der Waals surface area contributed by atoms with Gasteiger partial charge in [-0.05, 0) is 24.3 Å². The summed E-state index contributed by atoms with van der Waals surface area (Å²) in [5.74, 6) is -0.205. The first-order valence-electron chi connectivity index (χ1n) is 7.59. The number of nitrogens with zero attached hydrogens (tertiary/aromatic N) is 1. The lowest BCUT2D eigenvalue weighted by Crippen LogP contribution is -2.41. The summed E-state index contributed by atoms with van der Waals surface area (Å²) >= 11 is 9.03. The van der Waals surface area contributed by atoms with Gasteiger partial charge in [-0.3, -0.25) is 20.4 Å². The summed E-state index contributed by atoms with van der Waals surface area (Å²) in [4.78, 5) is 29.7. The Morgan fingerprint density at radius 1 is 1.00 bits per heavy atom. The van der Waals surface area contributed by atoms with Crippen LogP contribution in [0.5, 0.6) is 0 Å². The Morgan fingerprint density at radius 3 is 2.35 bits per heavy atom. The predicted octanol–water partition coefficient (Wildman–Crippen LogP) is 4.16. The SMILES string of the molecule is O=C(NNC(=O)c1ccccc1SCc1cscn1)c1ccccc1Cl. The van der Waals surface area contributed by atoms with Gasteiger partial charge in [-0.15, -0.1) is 23.1 Å². The number of hydrogen-bond donors (Lipinski definition) is 2. The first-order chi connectivity index (χ1) is 12.6. The van der Waals surface area contributed by atoms with Gasteiger partial charge in [0, 0.05) is 16.0 Å². The zero-order valence-electron chi connectivity index (χ0n) is 13.4. The van der Waals surface area contributed by atoms with Crippen LogP contribution in [0.3, 0.4) is 0 Å². The molecule has 0 atom stereocenters. The second-order valence-corrected chi connectivity index (χ2v) is 7.30. The van der Waals surface area contributed by atoms with Crippen molar-refractivity contribution in [1.29, 1.82) is 0 Å². The number of carbonyl (C=O) groups excluding carboxylic acids is 2. The lowest BCUT2D eigenvalue weighted by atomic mass is 10.2. The predicted molar refractivity (Wildman–Crippen MR) is 105 cm³/mol. The summed E-state index contributed by atoms with van der Waals surface area (Å²) in [6, 6.07) is 13.8. The van der Waals surface area contributed by atoms with Gasteiger partial charge in [-0.25, -0.2) is 4.98 Å². The first-order valence-corrected chi connectivity index (χ1v) is 9.90. The molecule has 0 bridgehead atoms. The number of halogens is 1. The number of nitrogens with one attached hydrogen (secondary N) is 2. The molecule has 2 aromatic carbocycles. The highest BCUT2D eigenvalue weighted by Gasteiger charge is 2.14. The lowest BCUT2D eigenvalue weighted by Gasteiger charge is -2.11. The molecule has 0 unspecified atom stereocenters. The van der Waals surface area contributed by atoms with Crippen LogP contribution >= 0.6 is 34.7 Å². The minimum Gasteiger partial charge on any atom is -0.267 e. The highest BCUT2D eigenvalue weighted by molar-refractivity contribution is 7.98. The Bertz CT molecular complexity index is 916. The van der Waals surface area contributed by atoms with Crippen LogP contribution in [0.25, 0.3) is 0 Å². The highest BCUT2D eigenvalue weighted by Crippen LogP contribution is 2.26. The largest absolute Gasteiger partial charge is 0.271 e. The number of amides is 2. The maximum atomic E-state index is 12.5. The number of hydrogen-bond acceptors (Lipinski definition) is 5. The van der Waals surface area contributed by atoms with Crippen LogP contribution in [0.2, 0.25) is 5.02 Å². The minimum atomic E-state index is -0.475. The highest BCUT2D eigenvalue weighted by atomic mass is 35.5. The Kier molecular flexibility index (Phi) is 6.27. The number of thioether (sulfide) groups is 1. The molecule has 2 amide bonds. The normalized spacial score (nSPS) is 10.3. The average Bonchev–Trinajstić information content (AvgIpc) is 3.18. The third-order valence-electron chi connectivity index (χ3n) is 3.40. The van der Waals surface area contributed by atoms with Crippen LogP contribution in [0, 0.1) is 0 Å². The summed E-state index contributed by atoms with van der Waals surface area (Å²) in [6.07, 6.45) is 0. The molecule has 0 saturated carbocycles. The van der Waals surface area contributed by atoms with Crippen molar-refractivity contribution in [3.63, 3.8) is 0 Å². The van der Waals surface area contributed by atoms with Gasteiger partial charge in [0.05, 0.1) is 27.4 Å². The zero-order valence-corrected chi connectivity index (χ0v) is 15.8. The molecule has 1 heterocycles. The fourth-order valence-electron chi connectivity index (χ4n) is 2.13. The molecule has 8 heteroatoms. The van der Waals surface area contributed by atoms with E-state index < -0.39 is 11.8 Å². The van der Waals surface area contributed by atoms with Gasteiger partial charge in [0.25, 0.3) is 11.8 Å². The van der Waals surface area contributed by atoms with Crippen LogP contribution in [-0.4, -0.2) is 16.8 Å². The van der Waals surface area contributed by atoms with E-state index in [1.807, 2.05) is 17.5 Å². The Hall–Kier alpha value is -2.35. The molecule has 2 N–H and O–H groups in total. The summed E-state index contributed by atoms with van der Waals surface area (Å²) < 4.78 is 0. The lowest BCUT2D eigenvalue weighted by molar-refractivity contribution is 0.0845. The number of thiazole rings is 1. The Morgan fingerprint density at radius 2 is 1.65 bits per heavy atom. The van der Waals surface area contributed by atoms with Crippen molar-refractivity contribution in [2.24, 2.45) is 0 Å². The van der Waals surface area contributed by atoms with Crippen molar-refractivity contribution in [3.8, 4) is 0 Å². The molecule has 132 valence electrons.